The minimum absolute atomic E-state index is 0. The van der Waals surface area contributed by atoms with Crippen molar-refractivity contribution in [2.75, 3.05) is 26.2 Å². The van der Waals surface area contributed by atoms with Crippen molar-refractivity contribution in [2.45, 2.75) is 45.4 Å². The van der Waals surface area contributed by atoms with Gasteiger partial charge in [-0.05, 0) is 36.3 Å². The lowest BCUT2D eigenvalue weighted by molar-refractivity contribution is -0.135. The third kappa shape index (κ3) is 6.61. The van der Waals surface area contributed by atoms with Gasteiger partial charge in [0.1, 0.15) is 0 Å². The minimum atomic E-state index is -0.102. The summed E-state index contributed by atoms with van der Waals surface area (Å²) in [6.45, 7) is 6.57. The standard InChI is InChI=1S/C20H31N3O2.ClH/c1-15(2)17-8-5-16(6-9-17)7-10-19(24)23-13-3-4-18(14-23)20(25)22-12-11-21;/h5-6,8-9,15,18H,3-4,7,10-14,21H2,1-2H3,(H,22,25);1H. The number of carbonyl (C=O) groups is 2. The van der Waals surface area contributed by atoms with Crippen LogP contribution >= 0.6 is 12.4 Å². The minimum Gasteiger partial charge on any atom is -0.355 e. The van der Waals surface area contributed by atoms with Gasteiger partial charge in [-0.25, -0.2) is 0 Å². The summed E-state index contributed by atoms with van der Waals surface area (Å²) in [6, 6.07) is 8.51. The first-order valence-corrected chi connectivity index (χ1v) is 9.35. The van der Waals surface area contributed by atoms with Gasteiger partial charge in [0.2, 0.25) is 11.8 Å². The Hall–Kier alpha value is -1.59. The highest BCUT2D eigenvalue weighted by molar-refractivity contribution is 5.85. The number of carbonyl (C=O) groups excluding carboxylic acids is 2. The first-order chi connectivity index (χ1) is 12.0. The third-order valence-electron chi connectivity index (χ3n) is 4.86. The number of benzene rings is 1. The van der Waals surface area contributed by atoms with Crippen molar-refractivity contribution in [1.29, 1.82) is 0 Å². The van der Waals surface area contributed by atoms with Crippen LogP contribution < -0.4 is 11.1 Å². The summed E-state index contributed by atoms with van der Waals surface area (Å²) in [7, 11) is 0. The first-order valence-electron chi connectivity index (χ1n) is 9.35. The van der Waals surface area contributed by atoms with Crippen molar-refractivity contribution in [1.82, 2.24) is 10.2 Å². The van der Waals surface area contributed by atoms with Gasteiger partial charge >= 0.3 is 0 Å². The summed E-state index contributed by atoms with van der Waals surface area (Å²) in [4.78, 5) is 26.4. The number of amides is 2. The summed E-state index contributed by atoms with van der Waals surface area (Å²) in [6.07, 6.45) is 2.97. The molecule has 3 N–H and O–H groups in total. The van der Waals surface area contributed by atoms with Crippen molar-refractivity contribution < 1.29 is 9.59 Å². The fourth-order valence-corrected chi connectivity index (χ4v) is 3.24. The molecule has 6 heteroatoms. The Kier molecular flexibility index (Phi) is 9.66. The Morgan fingerprint density at radius 2 is 1.96 bits per heavy atom. The number of hydrogen-bond donors (Lipinski definition) is 2. The number of halogens is 1. The highest BCUT2D eigenvalue weighted by Crippen LogP contribution is 2.19. The van der Waals surface area contributed by atoms with Crippen molar-refractivity contribution in [3.8, 4) is 0 Å². The zero-order chi connectivity index (χ0) is 18.2. The van der Waals surface area contributed by atoms with Gasteiger partial charge < -0.3 is 16.0 Å². The number of piperidine rings is 1. The van der Waals surface area contributed by atoms with Gasteiger partial charge in [-0.3, -0.25) is 9.59 Å². The van der Waals surface area contributed by atoms with E-state index in [1.807, 2.05) is 4.90 Å². The molecule has 1 fully saturated rings. The van der Waals surface area contributed by atoms with Crippen LogP contribution in [0.2, 0.25) is 0 Å². The second kappa shape index (κ2) is 11.2. The molecule has 1 heterocycles. The van der Waals surface area contributed by atoms with E-state index in [1.54, 1.807) is 0 Å². The molecule has 1 unspecified atom stereocenters. The Morgan fingerprint density at radius 1 is 1.27 bits per heavy atom. The molecule has 0 bridgehead atoms. The fraction of sp³-hybridized carbons (Fsp3) is 0.600. The van der Waals surface area contributed by atoms with E-state index in [0.29, 0.717) is 32.0 Å². The zero-order valence-electron chi connectivity index (χ0n) is 15.9. The monoisotopic (exact) mass is 381 g/mol. The van der Waals surface area contributed by atoms with Gasteiger partial charge in [-0.15, -0.1) is 12.4 Å². The molecule has 0 radical (unpaired) electrons. The van der Waals surface area contributed by atoms with Crippen LogP contribution in [0.4, 0.5) is 0 Å². The first kappa shape index (κ1) is 22.5. The van der Waals surface area contributed by atoms with E-state index in [1.165, 1.54) is 11.1 Å². The fourth-order valence-electron chi connectivity index (χ4n) is 3.24. The molecule has 26 heavy (non-hydrogen) atoms. The number of hydrogen-bond acceptors (Lipinski definition) is 3. The van der Waals surface area contributed by atoms with Crippen LogP contribution in [0.1, 0.15) is 50.2 Å². The van der Waals surface area contributed by atoms with Crippen LogP contribution in [0.25, 0.3) is 0 Å². The maximum atomic E-state index is 12.5. The van der Waals surface area contributed by atoms with Crippen LogP contribution in [0.3, 0.4) is 0 Å². The molecule has 0 saturated carbocycles. The van der Waals surface area contributed by atoms with Crippen molar-refractivity contribution >= 4 is 24.2 Å². The maximum absolute atomic E-state index is 12.5. The molecular weight excluding hydrogens is 350 g/mol. The lowest BCUT2D eigenvalue weighted by Crippen LogP contribution is -2.46. The van der Waals surface area contributed by atoms with E-state index in [9.17, 15) is 9.59 Å². The molecule has 1 aromatic rings. The second-order valence-electron chi connectivity index (χ2n) is 7.15. The lowest BCUT2D eigenvalue weighted by Gasteiger charge is -2.32. The second-order valence-corrected chi connectivity index (χ2v) is 7.15. The summed E-state index contributed by atoms with van der Waals surface area (Å²) in [5.41, 5.74) is 7.93. The van der Waals surface area contributed by atoms with Crippen molar-refractivity contribution in [3.05, 3.63) is 35.4 Å². The Morgan fingerprint density at radius 3 is 2.58 bits per heavy atom. The van der Waals surface area contributed by atoms with Gasteiger partial charge in [0, 0.05) is 32.6 Å². The van der Waals surface area contributed by atoms with E-state index in [2.05, 4.69) is 43.4 Å². The van der Waals surface area contributed by atoms with E-state index in [0.717, 1.165) is 25.8 Å². The molecule has 0 spiro atoms. The molecule has 1 aliphatic rings. The maximum Gasteiger partial charge on any atom is 0.224 e. The van der Waals surface area contributed by atoms with Crippen LogP contribution in [-0.4, -0.2) is 42.9 Å². The summed E-state index contributed by atoms with van der Waals surface area (Å²) < 4.78 is 0. The highest BCUT2D eigenvalue weighted by Gasteiger charge is 2.27. The molecule has 1 aromatic carbocycles. The number of nitrogens with zero attached hydrogens (tertiary/aromatic N) is 1. The van der Waals surface area contributed by atoms with Crippen LogP contribution in [0.15, 0.2) is 24.3 Å². The van der Waals surface area contributed by atoms with Gasteiger partial charge in [0.25, 0.3) is 0 Å². The van der Waals surface area contributed by atoms with Gasteiger partial charge in [0.05, 0.1) is 5.92 Å². The SMILES string of the molecule is CC(C)c1ccc(CCC(=O)N2CCCC(C(=O)NCCN)C2)cc1.Cl. The Bertz CT molecular complexity index is 575. The molecule has 0 aliphatic carbocycles. The normalized spacial score (nSPS) is 16.9. The topological polar surface area (TPSA) is 75.4 Å². The molecule has 146 valence electrons. The van der Waals surface area contributed by atoms with Gasteiger partial charge in [-0.1, -0.05) is 38.1 Å². The molecule has 2 amide bonds. The lowest BCUT2D eigenvalue weighted by atomic mass is 9.96. The molecule has 5 nitrogen and oxygen atoms in total. The molecule has 1 atom stereocenters. The van der Waals surface area contributed by atoms with E-state index in [4.69, 9.17) is 5.73 Å². The van der Waals surface area contributed by atoms with Crippen molar-refractivity contribution in [3.63, 3.8) is 0 Å². The Balaban J connectivity index is 0.00000338. The summed E-state index contributed by atoms with van der Waals surface area (Å²) >= 11 is 0. The predicted octanol–water partition coefficient (Wildman–Crippen LogP) is 2.48. The highest BCUT2D eigenvalue weighted by atomic mass is 35.5. The summed E-state index contributed by atoms with van der Waals surface area (Å²) in [5, 5.41) is 2.83. The van der Waals surface area contributed by atoms with E-state index < -0.39 is 0 Å². The molecular formula is C20H32ClN3O2. The van der Waals surface area contributed by atoms with Crippen LogP contribution in [0, 0.1) is 5.92 Å². The van der Waals surface area contributed by atoms with Crippen LogP contribution in [-0.2, 0) is 16.0 Å². The number of likely N-dealkylation sites (tertiary alicyclic amines) is 1. The van der Waals surface area contributed by atoms with Gasteiger partial charge in [0.15, 0.2) is 0 Å². The third-order valence-corrected chi connectivity index (χ3v) is 4.86. The van der Waals surface area contributed by atoms with Crippen LogP contribution in [0.5, 0.6) is 0 Å². The predicted molar refractivity (Wildman–Crippen MR) is 107 cm³/mol. The number of nitrogens with one attached hydrogen (secondary N) is 1. The largest absolute Gasteiger partial charge is 0.355 e. The van der Waals surface area contributed by atoms with E-state index in [-0.39, 0.29) is 30.1 Å². The molecule has 1 saturated heterocycles. The molecule has 2 rings (SSSR count). The average molecular weight is 382 g/mol. The summed E-state index contributed by atoms with van der Waals surface area (Å²) in [5.74, 6) is 0.581. The smallest absolute Gasteiger partial charge is 0.224 e. The zero-order valence-corrected chi connectivity index (χ0v) is 16.7. The quantitative estimate of drug-likeness (QED) is 0.761. The molecule has 1 aliphatic heterocycles. The number of nitrogens with two attached hydrogens (primary N) is 1. The Labute approximate surface area is 163 Å². The van der Waals surface area contributed by atoms with Gasteiger partial charge in [-0.2, -0.15) is 0 Å². The van der Waals surface area contributed by atoms with E-state index >= 15 is 0 Å². The number of rotatable bonds is 7. The number of aryl methyl sites for hydroxylation is 1. The van der Waals surface area contributed by atoms with Crippen molar-refractivity contribution in [2.24, 2.45) is 11.7 Å². The average Bonchev–Trinajstić information content (AvgIpc) is 2.64. The molecule has 0 aromatic heterocycles.